The van der Waals surface area contributed by atoms with E-state index in [1.54, 1.807) is 12.1 Å². The van der Waals surface area contributed by atoms with Crippen molar-refractivity contribution in [3.8, 4) is 5.75 Å². The molecule has 0 radical (unpaired) electrons. The Morgan fingerprint density at radius 1 is 1.10 bits per heavy atom. The molecule has 1 aromatic heterocycles. The molecule has 2 heterocycles. The minimum absolute atomic E-state index is 0.00355. The summed E-state index contributed by atoms with van der Waals surface area (Å²) in [5, 5.41) is 3.65. The SMILES string of the molecule is COc1ccc(NC(=O)c2ccc3ccccc3n2)cc1S(=O)(=O)N1CCOCC1. The molecule has 1 amide bonds. The zero-order valence-electron chi connectivity index (χ0n) is 16.4. The number of hydrogen-bond acceptors (Lipinski definition) is 6. The number of nitrogens with zero attached hydrogens (tertiary/aromatic N) is 2. The summed E-state index contributed by atoms with van der Waals surface area (Å²) in [7, 11) is -2.39. The van der Waals surface area contributed by atoms with Crippen molar-refractivity contribution in [2.45, 2.75) is 4.90 Å². The zero-order valence-corrected chi connectivity index (χ0v) is 17.2. The second kappa shape index (κ2) is 8.39. The molecule has 0 saturated carbocycles. The summed E-state index contributed by atoms with van der Waals surface area (Å²) < 4.78 is 38.0. The summed E-state index contributed by atoms with van der Waals surface area (Å²) in [6, 6.07) is 15.5. The Kier molecular flexibility index (Phi) is 5.67. The Labute approximate surface area is 174 Å². The molecule has 0 atom stereocenters. The average Bonchev–Trinajstić information content (AvgIpc) is 2.79. The number of carbonyl (C=O) groups excluding carboxylic acids is 1. The first-order valence-corrected chi connectivity index (χ1v) is 10.9. The highest BCUT2D eigenvalue weighted by Gasteiger charge is 2.29. The van der Waals surface area contributed by atoms with E-state index in [-0.39, 0.29) is 29.4 Å². The second-order valence-corrected chi connectivity index (χ2v) is 8.63. The largest absolute Gasteiger partial charge is 0.495 e. The number of para-hydroxylation sites is 1. The molecule has 1 saturated heterocycles. The van der Waals surface area contributed by atoms with Gasteiger partial charge in [-0.1, -0.05) is 24.3 Å². The van der Waals surface area contributed by atoms with Crippen LogP contribution >= 0.6 is 0 Å². The molecule has 9 heteroatoms. The molecule has 3 aromatic rings. The van der Waals surface area contributed by atoms with Crippen molar-refractivity contribution >= 4 is 32.5 Å². The molecular weight excluding hydrogens is 406 g/mol. The molecule has 0 spiro atoms. The van der Waals surface area contributed by atoms with Gasteiger partial charge in [-0.25, -0.2) is 13.4 Å². The number of hydrogen-bond donors (Lipinski definition) is 1. The smallest absolute Gasteiger partial charge is 0.274 e. The fraction of sp³-hybridized carbons (Fsp3) is 0.238. The van der Waals surface area contributed by atoms with Crippen LogP contribution in [0.25, 0.3) is 10.9 Å². The van der Waals surface area contributed by atoms with Gasteiger partial charge >= 0.3 is 0 Å². The number of fused-ring (bicyclic) bond motifs is 1. The maximum absolute atomic E-state index is 13.1. The number of pyridine rings is 1. The molecule has 1 aliphatic heterocycles. The Balaban J connectivity index is 1.62. The Morgan fingerprint density at radius 3 is 2.63 bits per heavy atom. The summed E-state index contributed by atoms with van der Waals surface area (Å²) in [6.07, 6.45) is 0. The Morgan fingerprint density at radius 2 is 1.87 bits per heavy atom. The van der Waals surface area contributed by atoms with E-state index in [2.05, 4.69) is 10.3 Å². The van der Waals surface area contributed by atoms with E-state index in [1.807, 2.05) is 30.3 Å². The fourth-order valence-corrected chi connectivity index (χ4v) is 4.86. The van der Waals surface area contributed by atoms with Gasteiger partial charge in [0.25, 0.3) is 5.91 Å². The first-order chi connectivity index (χ1) is 14.5. The third kappa shape index (κ3) is 4.00. The van der Waals surface area contributed by atoms with Gasteiger partial charge in [-0.2, -0.15) is 4.31 Å². The van der Waals surface area contributed by atoms with E-state index in [4.69, 9.17) is 9.47 Å². The van der Waals surface area contributed by atoms with Crippen LogP contribution in [-0.2, 0) is 14.8 Å². The fourth-order valence-electron chi connectivity index (χ4n) is 3.27. The monoisotopic (exact) mass is 427 g/mol. The maximum atomic E-state index is 13.1. The lowest BCUT2D eigenvalue weighted by Gasteiger charge is -2.26. The highest BCUT2D eigenvalue weighted by Crippen LogP contribution is 2.30. The van der Waals surface area contributed by atoms with Crippen molar-refractivity contribution in [2.75, 3.05) is 38.7 Å². The van der Waals surface area contributed by atoms with Gasteiger partial charge in [0.05, 0.1) is 25.8 Å². The number of aromatic nitrogens is 1. The molecule has 156 valence electrons. The van der Waals surface area contributed by atoms with Crippen molar-refractivity contribution in [3.63, 3.8) is 0 Å². The van der Waals surface area contributed by atoms with Gasteiger partial charge in [0.15, 0.2) is 0 Å². The van der Waals surface area contributed by atoms with Crippen LogP contribution in [0.15, 0.2) is 59.5 Å². The van der Waals surface area contributed by atoms with Crippen LogP contribution in [0.3, 0.4) is 0 Å². The molecule has 1 aliphatic rings. The minimum atomic E-state index is -3.80. The number of rotatable bonds is 5. The average molecular weight is 427 g/mol. The van der Waals surface area contributed by atoms with Gasteiger partial charge in [0.1, 0.15) is 16.3 Å². The van der Waals surface area contributed by atoms with Crippen molar-refractivity contribution in [1.29, 1.82) is 0 Å². The lowest BCUT2D eigenvalue weighted by atomic mass is 10.2. The van der Waals surface area contributed by atoms with E-state index < -0.39 is 15.9 Å². The van der Waals surface area contributed by atoms with E-state index in [0.717, 1.165) is 5.39 Å². The van der Waals surface area contributed by atoms with Crippen LogP contribution in [0.4, 0.5) is 5.69 Å². The minimum Gasteiger partial charge on any atom is -0.495 e. The molecule has 0 bridgehead atoms. The van der Waals surface area contributed by atoms with Crippen molar-refractivity contribution in [1.82, 2.24) is 9.29 Å². The molecule has 2 aromatic carbocycles. The molecule has 0 aliphatic carbocycles. The Bertz CT molecular complexity index is 1190. The van der Waals surface area contributed by atoms with Crippen LogP contribution in [0.5, 0.6) is 5.75 Å². The second-order valence-electron chi connectivity index (χ2n) is 6.73. The molecule has 30 heavy (non-hydrogen) atoms. The van der Waals surface area contributed by atoms with E-state index in [0.29, 0.717) is 24.4 Å². The molecule has 4 rings (SSSR count). The number of ether oxygens (including phenoxy) is 2. The number of methoxy groups -OCH3 is 1. The highest BCUT2D eigenvalue weighted by molar-refractivity contribution is 7.89. The highest BCUT2D eigenvalue weighted by atomic mass is 32.2. The van der Waals surface area contributed by atoms with Gasteiger partial charge in [0, 0.05) is 24.2 Å². The third-order valence-corrected chi connectivity index (χ3v) is 6.76. The van der Waals surface area contributed by atoms with Crippen LogP contribution in [0.1, 0.15) is 10.5 Å². The van der Waals surface area contributed by atoms with E-state index in [1.165, 1.54) is 23.5 Å². The number of carbonyl (C=O) groups is 1. The summed E-state index contributed by atoms with van der Waals surface area (Å²) in [6.45, 7) is 1.21. The molecule has 0 unspecified atom stereocenters. The maximum Gasteiger partial charge on any atom is 0.274 e. The third-order valence-electron chi connectivity index (χ3n) is 4.84. The quantitative estimate of drug-likeness (QED) is 0.672. The summed E-state index contributed by atoms with van der Waals surface area (Å²) >= 11 is 0. The number of benzene rings is 2. The van der Waals surface area contributed by atoms with Crippen molar-refractivity contribution < 1.29 is 22.7 Å². The summed E-state index contributed by atoms with van der Waals surface area (Å²) in [5.74, 6) is -0.219. The summed E-state index contributed by atoms with van der Waals surface area (Å²) in [4.78, 5) is 17.1. The molecule has 1 N–H and O–H groups in total. The van der Waals surface area contributed by atoms with Crippen LogP contribution < -0.4 is 10.1 Å². The Hall–Kier alpha value is -3.01. The first-order valence-electron chi connectivity index (χ1n) is 9.42. The molecule has 8 nitrogen and oxygen atoms in total. The van der Waals surface area contributed by atoms with E-state index >= 15 is 0 Å². The van der Waals surface area contributed by atoms with Crippen molar-refractivity contribution in [3.05, 3.63) is 60.3 Å². The van der Waals surface area contributed by atoms with Crippen LogP contribution in [0, 0.1) is 0 Å². The zero-order chi connectivity index (χ0) is 21.1. The normalized spacial score (nSPS) is 15.1. The van der Waals surface area contributed by atoms with Gasteiger partial charge in [0.2, 0.25) is 10.0 Å². The van der Waals surface area contributed by atoms with Crippen molar-refractivity contribution in [2.24, 2.45) is 0 Å². The molecule has 1 fully saturated rings. The van der Waals surface area contributed by atoms with Gasteiger partial charge in [-0.3, -0.25) is 4.79 Å². The topological polar surface area (TPSA) is 97.8 Å². The van der Waals surface area contributed by atoms with Gasteiger partial charge in [-0.15, -0.1) is 0 Å². The number of morpholine rings is 1. The summed E-state index contributed by atoms with van der Waals surface area (Å²) in [5.41, 5.74) is 1.28. The number of anilines is 1. The number of sulfonamides is 1. The predicted octanol–water partition coefficient (Wildman–Crippen LogP) is 2.52. The number of amides is 1. The number of nitrogens with one attached hydrogen (secondary N) is 1. The predicted molar refractivity (Wildman–Crippen MR) is 112 cm³/mol. The lowest BCUT2D eigenvalue weighted by Crippen LogP contribution is -2.40. The van der Waals surface area contributed by atoms with Gasteiger partial charge < -0.3 is 14.8 Å². The van der Waals surface area contributed by atoms with Crippen LogP contribution in [-0.4, -0.2) is 57.0 Å². The van der Waals surface area contributed by atoms with E-state index in [9.17, 15) is 13.2 Å². The first kappa shape index (κ1) is 20.3. The van der Waals surface area contributed by atoms with Crippen LogP contribution in [0.2, 0.25) is 0 Å². The molecular formula is C21H21N3O5S. The standard InChI is InChI=1S/C21H21N3O5S/c1-28-19-9-7-16(14-20(19)30(26,27)24-10-12-29-13-11-24)22-21(25)18-8-6-15-4-2-3-5-17(15)23-18/h2-9,14H,10-13H2,1H3,(H,22,25). The lowest BCUT2D eigenvalue weighted by molar-refractivity contribution is 0.0729. The van der Waals surface area contributed by atoms with Gasteiger partial charge in [-0.05, 0) is 30.3 Å².